The van der Waals surface area contributed by atoms with Gasteiger partial charge in [-0.2, -0.15) is 0 Å². The maximum atomic E-state index is 11.1. The van der Waals surface area contributed by atoms with Gasteiger partial charge in [-0.1, -0.05) is 39.8 Å². The van der Waals surface area contributed by atoms with Crippen LogP contribution in [0.15, 0.2) is 48.7 Å². The van der Waals surface area contributed by atoms with Crippen LogP contribution >= 0.6 is 11.3 Å². The second kappa shape index (κ2) is 9.62. The van der Waals surface area contributed by atoms with E-state index < -0.39 is 5.97 Å². The van der Waals surface area contributed by atoms with Gasteiger partial charge >= 0.3 is 5.97 Å². The number of ether oxygens (including phenoxy) is 2. The summed E-state index contributed by atoms with van der Waals surface area (Å²) in [5.74, 6) is -0.0556. The zero-order valence-electron chi connectivity index (χ0n) is 18.6. The molecule has 0 fully saturated rings. The second-order valence-electron chi connectivity index (χ2n) is 8.45. The van der Waals surface area contributed by atoms with Gasteiger partial charge in [0.05, 0.1) is 16.5 Å². The molecule has 0 saturated carbocycles. The molecule has 5 nitrogen and oxygen atoms in total. The van der Waals surface area contributed by atoms with E-state index in [0.717, 1.165) is 38.7 Å². The van der Waals surface area contributed by atoms with E-state index in [1.165, 1.54) is 0 Å². The van der Waals surface area contributed by atoms with E-state index in [2.05, 4.69) is 44.8 Å². The molecule has 0 aliphatic carbocycles. The standard InChI is InChI=1S/C25H29NO4S/c1-6-19(29-5)15-30-21-12-11-18(13-20(21)25(2,3)4)22-14-26-23(31-22)16-7-9-17(10-8-16)24(27)28/h7-14,19H,6,15H2,1-5H3,(H,27,28). The molecular weight excluding hydrogens is 410 g/mol. The highest BCUT2D eigenvalue weighted by Crippen LogP contribution is 2.38. The highest BCUT2D eigenvalue weighted by atomic mass is 32.1. The van der Waals surface area contributed by atoms with Gasteiger partial charge in [0, 0.05) is 24.4 Å². The molecule has 0 spiro atoms. The van der Waals surface area contributed by atoms with E-state index in [1.54, 1.807) is 42.7 Å². The average Bonchev–Trinajstić information content (AvgIpc) is 3.24. The Morgan fingerprint density at radius 1 is 1.13 bits per heavy atom. The van der Waals surface area contributed by atoms with E-state index >= 15 is 0 Å². The molecule has 0 radical (unpaired) electrons. The van der Waals surface area contributed by atoms with Crippen LogP contribution in [0.3, 0.4) is 0 Å². The predicted octanol–water partition coefficient (Wildman–Crippen LogP) is 6.28. The van der Waals surface area contributed by atoms with Gasteiger partial charge in [-0.3, -0.25) is 0 Å². The fourth-order valence-electron chi connectivity index (χ4n) is 3.23. The van der Waals surface area contributed by atoms with Crippen molar-refractivity contribution in [1.82, 2.24) is 4.98 Å². The number of aromatic nitrogens is 1. The topological polar surface area (TPSA) is 68.7 Å². The Morgan fingerprint density at radius 3 is 2.39 bits per heavy atom. The van der Waals surface area contributed by atoms with Gasteiger partial charge in [0.2, 0.25) is 0 Å². The molecule has 1 aromatic heterocycles. The number of carbonyl (C=O) groups is 1. The summed E-state index contributed by atoms with van der Waals surface area (Å²) in [4.78, 5) is 16.7. The average molecular weight is 440 g/mol. The van der Waals surface area contributed by atoms with E-state index in [0.29, 0.717) is 6.61 Å². The molecule has 1 atom stereocenters. The van der Waals surface area contributed by atoms with Crippen LogP contribution in [0, 0.1) is 0 Å². The first-order valence-electron chi connectivity index (χ1n) is 10.3. The van der Waals surface area contributed by atoms with E-state index in [9.17, 15) is 4.79 Å². The highest BCUT2D eigenvalue weighted by Gasteiger charge is 2.21. The summed E-state index contributed by atoms with van der Waals surface area (Å²) in [5.41, 5.74) is 3.31. The summed E-state index contributed by atoms with van der Waals surface area (Å²) in [6, 6.07) is 13.1. The molecular formula is C25H29NO4S. The molecule has 1 N–H and O–H groups in total. The SMILES string of the molecule is CCC(COc1ccc(-c2cnc(-c3ccc(C(=O)O)cc3)s2)cc1C(C)(C)C)OC. The maximum absolute atomic E-state index is 11.1. The molecule has 0 aliphatic rings. The van der Waals surface area contributed by atoms with Crippen LogP contribution < -0.4 is 4.74 Å². The minimum absolute atomic E-state index is 0.0732. The van der Waals surface area contributed by atoms with Gasteiger partial charge in [-0.25, -0.2) is 9.78 Å². The van der Waals surface area contributed by atoms with Gasteiger partial charge in [-0.05, 0) is 47.7 Å². The maximum Gasteiger partial charge on any atom is 0.335 e. The number of hydrogen-bond acceptors (Lipinski definition) is 5. The second-order valence-corrected chi connectivity index (χ2v) is 9.48. The minimum Gasteiger partial charge on any atom is -0.491 e. The molecule has 6 heteroatoms. The lowest BCUT2D eigenvalue weighted by molar-refractivity contribution is 0.0549. The number of methoxy groups -OCH3 is 1. The lowest BCUT2D eigenvalue weighted by Gasteiger charge is -2.24. The van der Waals surface area contributed by atoms with Crippen molar-refractivity contribution < 1.29 is 19.4 Å². The first kappa shape index (κ1) is 23.0. The third kappa shape index (κ3) is 5.51. The summed E-state index contributed by atoms with van der Waals surface area (Å²) < 4.78 is 11.6. The number of nitrogens with zero attached hydrogens (tertiary/aromatic N) is 1. The summed E-state index contributed by atoms with van der Waals surface area (Å²) in [7, 11) is 1.71. The summed E-state index contributed by atoms with van der Waals surface area (Å²) in [6.07, 6.45) is 2.84. The van der Waals surface area contributed by atoms with Crippen molar-refractivity contribution in [2.24, 2.45) is 0 Å². The largest absolute Gasteiger partial charge is 0.491 e. The molecule has 3 aromatic rings. The first-order chi connectivity index (χ1) is 14.7. The lowest BCUT2D eigenvalue weighted by atomic mass is 9.85. The van der Waals surface area contributed by atoms with Crippen LogP contribution in [0.4, 0.5) is 0 Å². The van der Waals surface area contributed by atoms with Crippen molar-refractivity contribution in [3.8, 4) is 26.8 Å². The van der Waals surface area contributed by atoms with Gasteiger partial charge < -0.3 is 14.6 Å². The quantitative estimate of drug-likeness (QED) is 0.447. The van der Waals surface area contributed by atoms with Crippen LogP contribution in [-0.2, 0) is 10.2 Å². The van der Waals surface area contributed by atoms with Crippen LogP contribution in [-0.4, -0.2) is 35.9 Å². The smallest absolute Gasteiger partial charge is 0.335 e. The first-order valence-corrected chi connectivity index (χ1v) is 11.1. The summed E-state index contributed by atoms with van der Waals surface area (Å²) >= 11 is 1.58. The Hall–Kier alpha value is -2.70. The Balaban J connectivity index is 1.88. The Bertz CT molecular complexity index is 1030. The number of carboxylic acid groups (broad SMARTS) is 1. The Kier molecular flexibility index (Phi) is 7.13. The van der Waals surface area contributed by atoms with Crippen molar-refractivity contribution >= 4 is 17.3 Å². The van der Waals surface area contributed by atoms with E-state index in [-0.39, 0.29) is 17.1 Å². The van der Waals surface area contributed by atoms with E-state index in [4.69, 9.17) is 14.6 Å². The highest BCUT2D eigenvalue weighted by molar-refractivity contribution is 7.18. The number of benzene rings is 2. The number of hydrogen-bond donors (Lipinski definition) is 1. The zero-order valence-corrected chi connectivity index (χ0v) is 19.5. The lowest BCUT2D eigenvalue weighted by Crippen LogP contribution is -2.21. The van der Waals surface area contributed by atoms with Gasteiger partial charge in [0.25, 0.3) is 0 Å². The zero-order chi connectivity index (χ0) is 22.6. The Labute approximate surface area is 187 Å². The van der Waals surface area contributed by atoms with Crippen molar-refractivity contribution in [2.75, 3.05) is 13.7 Å². The van der Waals surface area contributed by atoms with Gasteiger partial charge in [0.15, 0.2) is 0 Å². The molecule has 164 valence electrons. The predicted molar refractivity (Wildman–Crippen MR) is 125 cm³/mol. The number of carboxylic acids is 1. The van der Waals surface area contributed by atoms with Crippen LogP contribution in [0.25, 0.3) is 21.0 Å². The van der Waals surface area contributed by atoms with Crippen molar-refractivity contribution in [3.05, 3.63) is 59.8 Å². The fraction of sp³-hybridized carbons (Fsp3) is 0.360. The fourth-order valence-corrected chi connectivity index (χ4v) is 4.14. The third-order valence-electron chi connectivity index (χ3n) is 5.17. The number of thiazole rings is 1. The van der Waals surface area contributed by atoms with E-state index in [1.807, 2.05) is 12.3 Å². The van der Waals surface area contributed by atoms with Crippen molar-refractivity contribution in [1.29, 1.82) is 0 Å². The number of rotatable bonds is 8. The third-order valence-corrected chi connectivity index (χ3v) is 6.27. The van der Waals surface area contributed by atoms with Crippen LogP contribution in [0.1, 0.15) is 50.0 Å². The summed E-state index contributed by atoms with van der Waals surface area (Å²) in [6.45, 7) is 9.13. The number of aromatic carboxylic acids is 1. The minimum atomic E-state index is -0.931. The monoisotopic (exact) mass is 439 g/mol. The van der Waals surface area contributed by atoms with Crippen molar-refractivity contribution in [2.45, 2.75) is 45.6 Å². The summed E-state index contributed by atoms with van der Waals surface area (Å²) in [5, 5.41) is 9.94. The normalized spacial score (nSPS) is 12.5. The molecule has 0 saturated heterocycles. The molecule has 1 unspecified atom stereocenters. The molecule has 1 heterocycles. The van der Waals surface area contributed by atoms with Crippen LogP contribution in [0.5, 0.6) is 5.75 Å². The van der Waals surface area contributed by atoms with Gasteiger partial charge in [-0.15, -0.1) is 11.3 Å². The molecule has 3 rings (SSSR count). The molecule has 0 aliphatic heterocycles. The van der Waals surface area contributed by atoms with Crippen LogP contribution in [0.2, 0.25) is 0 Å². The Morgan fingerprint density at radius 2 is 1.81 bits per heavy atom. The van der Waals surface area contributed by atoms with Crippen molar-refractivity contribution in [3.63, 3.8) is 0 Å². The molecule has 0 bridgehead atoms. The molecule has 0 amide bonds. The molecule has 2 aromatic carbocycles. The van der Waals surface area contributed by atoms with Gasteiger partial charge in [0.1, 0.15) is 17.4 Å². The molecule has 31 heavy (non-hydrogen) atoms.